The predicted octanol–water partition coefficient (Wildman–Crippen LogP) is 3.18. The molecule has 8 heteroatoms. The number of halogens is 6. The lowest BCUT2D eigenvalue weighted by Crippen LogP contribution is -2.50. The van der Waals surface area contributed by atoms with Gasteiger partial charge in [0.1, 0.15) is 5.75 Å². The van der Waals surface area contributed by atoms with Crippen molar-refractivity contribution in [1.29, 1.82) is 0 Å². The summed E-state index contributed by atoms with van der Waals surface area (Å²) in [6.45, 7) is -1.87. The van der Waals surface area contributed by atoms with Gasteiger partial charge in [-0.15, -0.1) is 0 Å². The van der Waals surface area contributed by atoms with Gasteiger partial charge in [0.2, 0.25) is 0 Å². The first-order valence-electron chi connectivity index (χ1n) is 4.69. The predicted molar refractivity (Wildman–Crippen MR) is 52.2 cm³/mol. The highest BCUT2D eigenvalue weighted by Crippen LogP contribution is 2.39. The maximum atomic E-state index is 12.9. The van der Waals surface area contributed by atoms with Crippen molar-refractivity contribution in [3.8, 4) is 5.75 Å². The molecule has 0 unspecified atom stereocenters. The van der Waals surface area contributed by atoms with Gasteiger partial charge in [-0.2, -0.15) is 17.6 Å². The Morgan fingerprint density at radius 1 is 1.17 bits per heavy atom. The molecule has 0 aliphatic heterocycles. The van der Waals surface area contributed by atoms with Crippen LogP contribution in [0.1, 0.15) is 0 Å². The van der Waals surface area contributed by atoms with Crippen LogP contribution in [0, 0.1) is 0 Å². The van der Waals surface area contributed by atoms with E-state index in [2.05, 4.69) is 4.74 Å². The third kappa shape index (κ3) is 2.99. The number of hydrogen-bond donors (Lipinski definition) is 1. The lowest BCUT2D eigenvalue weighted by molar-refractivity contribution is -0.271. The monoisotopic (exact) mass is 273 g/mol. The maximum Gasteiger partial charge on any atom is 0.372 e. The topological polar surface area (TPSA) is 35.2 Å². The van der Waals surface area contributed by atoms with Gasteiger partial charge < -0.3 is 10.5 Å². The number of alkyl halides is 6. The van der Waals surface area contributed by atoms with E-state index in [-0.39, 0.29) is 11.4 Å². The summed E-state index contributed by atoms with van der Waals surface area (Å²) >= 11 is 0. The Morgan fingerprint density at radius 2 is 1.78 bits per heavy atom. The Kier molecular flexibility index (Phi) is 3.98. The molecule has 0 saturated heterocycles. The van der Waals surface area contributed by atoms with E-state index in [0.29, 0.717) is 0 Å². The SMILES string of the molecule is Nc1cccc(OCC(F)(F)C(F)(F)C(F)F)c1. The van der Waals surface area contributed by atoms with Crippen molar-refractivity contribution in [2.45, 2.75) is 18.3 Å². The molecule has 102 valence electrons. The summed E-state index contributed by atoms with van der Waals surface area (Å²) in [4.78, 5) is 0. The number of nitrogen functional groups attached to an aromatic ring is 1. The fourth-order valence-electron chi connectivity index (χ4n) is 1.03. The van der Waals surface area contributed by atoms with Crippen LogP contribution >= 0.6 is 0 Å². The van der Waals surface area contributed by atoms with Crippen LogP contribution in [0.25, 0.3) is 0 Å². The molecule has 0 atom stereocenters. The summed E-state index contributed by atoms with van der Waals surface area (Å²) < 4.78 is 78.6. The lowest BCUT2D eigenvalue weighted by Gasteiger charge is -2.25. The van der Waals surface area contributed by atoms with E-state index < -0.39 is 24.9 Å². The first-order chi connectivity index (χ1) is 8.17. The first-order valence-corrected chi connectivity index (χ1v) is 4.69. The number of benzene rings is 1. The summed E-state index contributed by atoms with van der Waals surface area (Å²) in [5.41, 5.74) is 5.46. The van der Waals surface area contributed by atoms with Crippen molar-refractivity contribution < 1.29 is 31.1 Å². The normalized spacial score (nSPS) is 12.8. The summed E-state index contributed by atoms with van der Waals surface area (Å²) in [7, 11) is 0. The number of rotatable bonds is 5. The number of anilines is 1. The third-order valence-electron chi connectivity index (χ3n) is 2.04. The molecule has 1 aromatic rings. The Hall–Kier alpha value is -1.60. The molecule has 0 aromatic heterocycles. The first kappa shape index (κ1) is 14.5. The average molecular weight is 273 g/mol. The molecule has 0 spiro atoms. The second-order valence-corrected chi connectivity index (χ2v) is 3.49. The highest BCUT2D eigenvalue weighted by atomic mass is 19.3. The molecule has 0 saturated carbocycles. The van der Waals surface area contributed by atoms with Gasteiger partial charge in [-0.3, -0.25) is 0 Å². The van der Waals surface area contributed by atoms with Crippen LogP contribution in [0.2, 0.25) is 0 Å². The number of nitrogens with two attached hydrogens (primary N) is 1. The lowest BCUT2D eigenvalue weighted by atomic mass is 10.2. The standard InChI is InChI=1S/C10H9F6NO/c11-8(12)10(15,16)9(13,14)5-18-7-3-1-2-6(17)4-7/h1-4,8H,5,17H2. The van der Waals surface area contributed by atoms with E-state index >= 15 is 0 Å². The van der Waals surface area contributed by atoms with E-state index in [1.807, 2.05) is 0 Å². The largest absolute Gasteiger partial charge is 0.487 e. The Morgan fingerprint density at radius 3 is 2.28 bits per heavy atom. The zero-order chi connectivity index (χ0) is 14.0. The van der Waals surface area contributed by atoms with Gasteiger partial charge in [-0.05, 0) is 12.1 Å². The summed E-state index contributed by atoms with van der Waals surface area (Å²) in [5, 5.41) is 0. The van der Waals surface area contributed by atoms with Gasteiger partial charge >= 0.3 is 18.3 Å². The fraction of sp³-hybridized carbons (Fsp3) is 0.400. The van der Waals surface area contributed by atoms with E-state index in [1.165, 1.54) is 18.2 Å². The number of hydrogen-bond acceptors (Lipinski definition) is 2. The quantitative estimate of drug-likeness (QED) is 0.660. The third-order valence-corrected chi connectivity index (χ3v) is 2.04. The summed E-state index contributed by atoms with van der Waals surface area (Å²) in [6, 6.07) is 5.05. The minimum Gasteiger partial charge on any atom is -0.487 e. The smallest absolute Gasteiger partial charge is 0.372 e. The zero-order valence-corrected chi connectivity index (χ0v) is 8.85. The molecule has 0 amide bonds. The second kappa shape index (κ2) is 4.95. The van der Waals surface area contributed by atoms with Gasteiger partial charge in [0.25, 0.3) is 0 Å². The van der Waals surface area contributed by atoms with Gasteiger partial charge in [-0.1, -0.05) is 6.07 Å². The van der Waals surface area contributed by atoms with Crippen LogP contribution in [0.4, 0.5) is 32.0 Å². The second-order valence-electron chi connectivity index (χ2n) is 3.49. The van der Waals surface area contributed by atoms with Crippen molar-refractivity contribution in [2.24, 2.45) is 0 Å². The molecule has 2 N–H and O–H groups in total. The summed E-state index contributed by atoms with van der Waals surface area (Å²) in [6.07, 6.45) is -4.48. The summed E-state index contributed by atoms with van der Waals surface area (Å²) in [5.74, 6) is -10.6. The Bertz CT molecular complexity index is 409. The molecule has 0 aliphatic carbocycles. The molecule has 0 aliphatic rings. The molecular formula is C10H9F6NO. The molecule has 1 aromatic carbocycles. The van der Waals surface area contributed by atoms with Crippen LogP contribution in [-0.2, 0) is 0 Å². The molecule has 0 bridgehead atoms. The van der Waals surface area contributed by atoms with Gasteiger partial charge in [0.15, 0.2) is 6.61 Å². The van der Waals surface area contributed by atoms with E-state index in [9.17, 15) is 26.3 Å². The number of ether oxygens (including phenoxy) is 1. The van der Waals surface area contributed by atoms with E-state index in [4.69, 9.17) is 5.73 Å². The van der Waals surface area contributed by atoms with Crippen molar-refractivity contribution in [3.63, 3.8) is 0 Å². The molecule has 1 rings (SSSR count). The van der Waals surface area contributed by atoms with Crippen molar-refractivity contribution in [2.75, 3.05) is 12.3 Å². The molecule has 0 fully saturated rings. The molecular weight excluding hydrogens is 264 g/mol. The molecule has 0 radical (unpaired) electrons. The van der Waals surface area contributed by atoms with Crippen LogP contribution < -0.4 is 10.5 Å². The van der Waals surface area contributed by atoms with Crippen molar-refractivity contribution in [3.05, 3.63) is 24.3 Å². The van der Waals surface area contributed by atoms with Gasteiger partial charge in [0, 0.05) is 11.8 Å². The highest BCUT2D eigenvalue weighted by molar-refractivity contribution is 5.43. The minimum absolute atomic E-state index is 0.163. The van der Waals surface area contributed by atoms with Crippen molar-refractivity contribution >= 4 is 5.69 Å². The zero-order valence-electron chi connectivity index (χ0n) is 8.85. The maximum absolute atomic E-state index is 12.9. The van der Waals surface area contributed by atoms with Crippen LogP contribution in [0.3, 0.4) is 0 Å². The van der Waals surface area contributed by atoms with Crippen LogP contribution in [0.15, 0.2) is 24.3 Å². The van der Waals surface area contributed by atoms with Crippen LogP contribution in [-0.4, -0.2) is 24.9 Å². The average Bonchev–Trinajstić information content (AvgIpc) is 2.26. The van der Waals surface area contributed by atoms with E-state index in [0.717, 1.165) is 6.07 Å². The van der Waals surface area contributed by atoms with Gasteiger partial charge in [-0.25, -0.2) is 8.78 Å². The molecule has 2 nitrogen and oxygen atoms in total. The Balaban J connectivity index is 2.73. The molecule has 18 heavy (non-hydrogen) atoms. The minimum atomic E-state index is -5.45. The van der Waals surface area contributed by atoms with E-state index in [1.54, 1.807) is 0 Å². The van der Waals surface area contributed by atoms with Gasteiger partial charge in [0.05, 0.1) is 0 Å². The fourth-order valence-corrected chi connectivity index (χ4v) is 1.03. The molecule has 0 heterocycles. The highest BCUT2D eigenvalue weighted by Gasteiger charge is 2.63. The van der Waals surface area contributed by atoms with Crippen molar-refractivity contribution in [1.82, 2.24) is 0 Å². The van der Waals surface area contributed by atoms with Crippen LogP contribution in [0.5, 0.6) is 5.75 Å². The Labute approximate surface area is 98.3 Å².